The third-order valence-corrected chi connectivity index (χ3v) is 13.1. The van der Waals surface area contributed by atoms with Gasteiger partial charge in [0.15, 0.2) is 0 Å². The van der Waals surface area contributed by atoms with Gasteiger partial charge in [-0.3, -0.25) is 4.79 Å². The van der Waals surface area contributed by atoms with Gasteiger partial charge in [-0.15, -0.1) is 0 Å². The first-order valence-electron chi connectivity index (χ1n) is 19.0. The molecule has 232 valence electrons. The Hall–Kier alpha value is -0.330. The third-order valence-electron chi connectivity index (χ3n) is 13.1. The molecule has 4 aliphatic rings. The third kappa shape index (κ3) is 9.86. The lowest BCUT2D eigenvalue weighted by Gasteiger charge is -2.42. The van der Waals surface area contributed by atoms with Gasteiger partial charge in [-0.05, 0) is 136 Å². The van der Waals surface area contributed by atoms with E-state index in [0.717, 1.165) is 60.2 Å². The fourth-order valence-electron chi connectivity index (χ4n) is 10.7. The van der Waals surface area contributed by atoms with E-state index in [1.165, 1.54) is 141 Å². The standard InChI is InChI=1S/C39H70O/c1-5-7-9-11-31-17-23-38(29(3)25-31)35-19-13-33(14-20-35)27-37(40)28-34-15-21-36(22-16-34)39-24-18-32(26-30(39)4)12-10-8-6-2/h29-36,38-39H,5-28H2,1-4H3. The largest absolute Gasteiger partial charge is 0.300 e. The lowest BCUT2D eigenvalue weighted by Crippen LogP contribution is -2.32. The molecule has 4 fully saturated rings. The molecule has 0 aromatic rings. The molecule has 40 heavy (non-hydrogen) atoms. The molecule has 0 radical (unpaired) electrons. The molecular formula is C39H70O. The topological polar surface area (TPSA) is 17.1 Å². The van der Waals surface area contributed by atoms with Crippen LogP contribution in [0.1, 0.15) is 182 Å². The minimum absolute atomic E-state index is 0.619. The number of carbonyl (C=O) groups excluding carboxylic acids is 1. The highest BCUT2D eigenvalue weighted by molar-refractivity contribution is 5.78. The van der Waals surface area contributed by atoms with Crippen LogP contribution in [0.3, 0.4) is 0 Å². The van der Waals surface area contributed by atoms with Crippen LogP contribution in [0, 0.1) is 59.2 Å². The molecule has 0 heterocycles. The van der Waals surface area contributed by atoms with Gasteiger partial charge in [0.2, 0.25) is 0 Å². The van der Waals surface area contributed by atoms with Crippen LogP contribution < -0.4 is 0 Å². The summed E-state index contributed by atoms with van der Waals surface area (Å²) in [6.45, 7) is 9.80. The van der Waals surface area contributed by atoms with E-state index < -0.39 is 0 Å². The molecule has 6 unspecified atom stereocenters. The molecule has 4 saturated carbocycles. The summed E-state index contributed by atoms with van der Waals surface area (Å²) in [5.41, 5.74) is 0. The quantitative estimate of drug-likeness (QED) is 0.195. The highest BCUT2D eigenvalue weighted by Gasteiger charge is 2.37. The van der Waals surface area contributed by atoms with Gasteiger partial charge in [0, 0.05) is 12.8 Å². The Bertz CT molecular complexity index is 638. The summed E-state index contributed by atoms with van der Waals surface area (Å²) in [6.07, 6.45) is 33.3. The van der Waals surface area contributed by atoms with Crippen LogP contribution in [0.15, 0.2) is 0 Å². The second-order valence-corrected chi connectivity index (χ2v) is 16.1. The van der Waals surface area contributed by atoms with Gasteiger partial charge in [0.1, 0.15) is 5.78 Å². The van der Waals surface area contributed by atoms with E-state index in [4.69, 9.17) is 0 Å². The van der Waals surface area contributed by atoms with Crippen LogP contribution in [-0.4, -0.2) is 5.78 Å². The highest BCUT2D eigenvalue weighted by Crippen LogP contribution is 2.47. The van der Waals surface area contributed by atoms with Gasteiger partial charge in [-0.25, -0.2) is 0 Å². The lowest BCUT2D eigenvalue weighted by atomic mass is 9.63. The number of unbranched alkanes of at least 4 members (excludes halogenated alkanes) is 4. The number of rotatable bonds is 14. The first-order valence-corrected chi connectivity index (χ1v) is 19.0. The molecule has 1 heteroatoms. The zero-order valence-electron chi connectivity index (χ0n) is 27.7. The van der Waals surface area contributed by atoms with Crippen LogP contribution in [0.4, 0.5) is 0 Å². The molecule has 0 aromatic heterocycles. The summed E-state index contributed by atoms with van der Waals surface area (Å²) >= 11 is 0. The zero-order valence-corrected chi connectivity index (χ0v) is 27.7. The maximum absolute atomic E-state index is 13.1. The van der Waals surface area contributed by atoms with Crippen molar-refractivity contribution in [1.29, 1.82) is 0 Å². The van der Waals surface area contributed by atoms with E-state index in [0.29, 0.717) is 17.6 Å². The summed E-state index contributed by atoms with van der Waals surface area (Å²) in [5.74, 6) is 9.80. The normalized spacial score (nSPS) is 39.2. The molecule has 0 amide bonds. The van der Waals surface area contributed by atoms with Crippen molar-refractivity contribution in [3.05, 3.63) is 0 Å². The predicted octanol–water partition coefficient (Wildman–Crippen LogP) is 12.2. The maximum atomic E-state index is 13.1. The van der Waals surface area contributed by atoms with E-state index in [1.54, 1.807) is 0 Å². The molecule has 4 aliphatic carbocycles. The second-order valence-electron chi connectivity index (χ2n) is 16.1. The van der Waals surface area contributed by atoms with E-state index in [1.807, 2.05) is 0 Å². The van der Waals surface area contributed by atoms with E-state index >= 15 is 0 Å². The number of carbonyl (C=O) groups is 1. The number of ketones is 1. The molecule has 0 spiro atoms. The van der Waals surface area contributed by atoms with Gasteiger partial charge in [-0.2, -0.15) is 0 Å². The van der Waals surface area contributed by atoms with Crippen molar-refractivity contribution >= 4 is 5.78 Å². The molecule has 0 saturated heterocycles. The second kappa shape index (κ2) is 17.1. The van der Waals surface area contributed by atoms with Gasteiger partial charge in [-0.1, -0.05) is 91.9 Å². The zero-order chi connectivity index (χ0) is 28.3. The van der Waals surface area contributed by atoms with Crippen molar-refractivity contribution in [2.45, 2.75) is 182 Å². The number of hydrogen-bond acceptors (Lipinski definition) is 1. The molecule has 0 aliphatic heterocycles. The summed E-state index contributed by atoms with van der Waals surface area (Å²) in [6, 6.07) is 0. The molecule has 0 bridgehead atoms. The van der Waals surface area contributed by atoms with Crippen molar-refractivity contribution in [1.82, 2.24) is 0 Å². The lowest BCUT2D eigenvalue weighted by molar-refractivity contribution is -0.121. The smallest absolute Gasteiger partial charge is 0.133 e. The summed E-state index contributed by atoms with van der Waals surface area (Å²) in [5, 5.41) is 0. The average Bonchev–Trinajstić information content (AvgIpc) is 2.95. The number of Topliss-reactive ketones (excluding diaryl/α,β-unsaturated/α-hetero) is 1. The molecule has 4 rings (SSSR count). The van der Waals surface area contributed by atoms with Gasteiger partial charge in [0.05, 0.1) is 0 Å². The van der Waals surface area contributed by atoms with Crippen molar-refractivity contribution in [3.63, 3.8) is 0 Å². The van der Waals surface area contributed by atoms with Crippen LogP contribution in [0.2, 0.25) is 0 Å². The van der Waals surface area contributed by atoms with Crippen molar-refractivity contribution in [2.24, 2.45) is 59.2 Å². The molecular weight excluding hydrogens is 484 g/mol. The first kappa shape index (κ1) is 32.6. The molecule has 0 aromatic carbocycles. The van der Waals surface area contributed by atoms with Crippen LogP contribution in [0.5, 0.6) is 0 Å². The van der Waals surface area contributed by atoms with Gasteiger partial charge >= 0.3 is 0 Å². The SMILES string of the molecule is CCCCCC1CCC(C2CCC(CC(=O)CC3CCC(C4CCC(CCCCC)CC4C)CC3)CC2)C(C)C1. The van der Waals surface area contributed by atoms with Crippen LogP contribution >= 0.6 is 0 Å². The Morgan fingerprint density at radius 3 is 1.23 bits per heavy atom. The molecule has 6 atom stereocenters. The highest BCUT2D eigenvalue weighted by atomic mass is 16.1. The Balaban J connectivity index is 1.09. The summed E-state index contributed by atoms with van der Waals surface area (Å²) in [4.78, 5) is 13.1. The maximum Gasteiger partial charge on any atom is 0.133 e. The first-order chi connectivity index (χ1) is 19.5. The fourth-order valence-corrected chi connectivity index (χ4v) is 10.7. The predicted molar refractivity (Wildman–Crippen MR) is 173 cm³/mol. The van der Waals surface area contributed by atoms with E-state index in [9.17, 15) is 4.79 Å². The summed E-state index contributed by atoms with van der Waals surface area (Å²) in [7, 11) is 0. The Labute approximate surface area is 251 Å². The Morgan fingerprint density at radius 1 is 0.500 bits per heavy atom. The minimum atomic E-state index is 0.619. The monoisotopic (exact) mass is 555 g/mol. The van der Waals surface area contributed by atoms with Gasteiger partial charge < -0.3 is 0 Å². The fraction of sp³-hybridized carbons (Fsp3) is 0.974. The Morgan fingerprint density at radius 2 is 0.875 bits per heavy atom. The van der Waals surface area contributed by atoms with E-state index in [2.05, 4.69) is 27.7 Å². The molecule has 0 N–H and O–H groups in total. The summed E-state index contributed by atoms with van der Waals surface area (Å²) < 4.78 is 0. The van der Waals surface area contributed by atoms with Crippen molar-refractivity contribution in [3.8, 4) is 0 Å². The minimum Gasteiger partial charge on any atom is -0.300 e. The van der Waals surface area contributed by atoms with Crippen LogP contribution in [-0.2, 0) is 4.79 Å². The van der Waals surface area contributed by atoms with Crippen LogP contribution in [0.25, 0.3) is 0 Å². The van der Waals surface area contributed by atoms with Crippen molar-refractivity contribution < 1.29 is 4.79 Å². The van der Waals surface area contributed by atoms with Gasteiger partial charge in [0.25, 0.3) is 0 Å². The Kier molecular flexibility index (Phi) is 13.9. The average molecular weight is 555 g/mol. The van der Waals surface area contributed by atoms with Crippen molar-refractivity contribution in [2.75, 3.05) is 0 Å². The van der Waals surface area contributed by atoms with E-state index in [-0.39, 0.29) is 0 Å². The number of hydrogen-bond donors (Lipinski definition) is 0. The molecule has 1 nitrogen and oxygen atoms in total.